The second kappa shape index (κ2) is 3.65. The number of rotatable bonds is 2. The van der Waals surface area contributed by atoms with Gasteiger partial charge < -0.3 is 10.2 Å². The molecule has 2 aliphatic heterocycles. The Morgan fingerprint density at radius 1 is 1.35 bits per heavy atom. The molecule has 0 bridgehead atoms. The lowest BCUT2D eigenvalue weighted by atomic mass is 9.87. The standard InChI is InChI=1S/C12H18N4S/c1-2-9(1)10-14-11(17-15-10)16-6-4-12(8-16)3-5-13-7-12/h9,13H,1-8H2. The minimum absolute atomic E-state index is 0.533. The molecule has 1 N–H and O–H groups in total. The summed E-state index contributed by atoms with van der Waals surface area (Å²) in [5.74, 6) is 1.79. The average molecular weight is 250 g/mol. The summed E-state index contributed by atoms with van der Waals surface area (Å²) in [6, 6.07) is 0. The van der Waals surface area contributed by atoms with E-state index in [2.05, 4.69) is 14.6 Å². The van der Waals surface area contributed by atoms with E-state index < -0.39 is 0 Å². The molecule has 4 nitrogen and oxygen atoms in total. The van der Waals surface area contributed by atoms with Gasteiger partial charge in [0.15, 0.2) is 0 Å². The SMILES string of the molecule is C1CC2(CCN(c3nc(C4CC4)ns3)C2)CN1. The molecule has 0 amide bonds. The van der Waals surface area contributed by atoms with E-state index in [0.717, 1.165) is 11.0 Å². The third-order valence-corrected chi connectivity index (χ3v) is 5.21. The molecule has 3 fully saturated rings. The van der Waals surface area contributed by atoms with Crippen molar-refractivity contribution in [2.75, 3.05) is 31.1 Å². The van der Waals surface area contributed by atoms with Crippen molar-refractivity contribution >= 4 is 16.7 Å². The van der Waals surface area contributed by atoms with Crippen molar-refractivity contribution < 1.29 is 0 Å². The first-order valence-electron chi connectivity index (χ1n) is 6.64. The van der Waals surface area contributed by atoms with Gasteiger partial charge in [0.1, 0.15) is 5.82 Å². The molecule has 1 aliphatic carbocycles. The number of nitrogens with zero attached hydrogens (tertiary/aromatic N) is 3. The van der Waals surface area contributed by atoms with Gasteiger partial charge in [-0.15, -0.1) is 0 Å². The highest BCUT2D eigenvalue weighted by atomic mass is 32.1. The first-order chi connectivity index (χ1) is 8.35. The molecule has 1 atom stereocenters. The van der Waals surface area contributed by atoms with Crippen LogP contribution in [0.15, 0.2) is 0 Å². The molecule has 2 saturated heterocycles. The highest BCUT2D eigenvalue weighted by molar-refractivity contribution is 7.09. The summed E-state index contributed by atoms with van der Waals surface area (Å²) >= 11 is 1.60. The molecule has 0 aromatic carbocycles. The van der Waals surface area contributed by atoms with Crippen molar-refractivity contribution in [1.29, 1.82) is 0 Å². The van der Waals surface area contributed by atoms with E-state index in [1.54, 1.807) is 11.5 Å². The van der Waals surface area contributed by atoms with Crippen molar-refractivity contribution in [2.45, 2.75) is 31.6 Å². The van der Waals surface area contributed by atoms with Crippen LogP contribution >= 0.6 is 11.5 Å². The van der Waals surface area contributed by atoms with Gasteiger partial charge >= 0.3 is 0 Å². The van der Waals surface area contributed by atoms with Crippen molar-refractivity contribution in [3.05, 3.63) is 5.82 Å². The van der Waals surface area contributed by atoms with Crippen molar-refractivity contribution in [1.82, 2.24) is 14.7 Å². The van der Waals surface area contributed by atoms with Gasteiger partial charge in [-0.25, -0.2) is 4.98 Å². The Hall–Kier alpha value is -0.680. The molecule has 17 heavy (non-hydrogen) atoms. The van der Waals surface area contributed by atoms with Gasteiger partial charge in [0, 0.05) is 42.5 Å². The van der Waals surface area contributed by atoms with E-state index in [0.29, 0.717) is 11.3 Å². The second-order valence-corrected chi connectivity index (χ2v) is 6.54. The summed E-state index contributed by atoms with van der Waals surface area (Å²) in [6.07, 6.45) is 5.24. The van der Waals surface area contributed by atoms with E-state index in [1.165, 1.54) is 51.9 Å². The third-order valence-electron chi connectivity index (χ3n) is 4.41. The van der Waals surface area contributed by atoms with Crippen LogP contribution in [0.5, 0.6) is 0 Å². The largest absolute Gasteiger partial charge is 0.346 e. The van der Waals surface area contributed by atoms with Gasteiger partial charge in [-0.3, -0.25) is 0 Å². The normalized spacial score (nSPS) is 32.8. The smallest absolute Gasteiger partial charge is 0.205 e. The summed E-state index contributed by atoms with van der Waals surface area (Å²) in [4.78, 5) is 7.18. The molecule has 1 saturated carbocycles. The second-order valence-electron chi connectivity index (χ2n) is 5.81. The quantitative estimate of drug-likeness (QED) is 0.865. The van der Waals surface area contributed by atoms with Crippen molar-refractivity contribution in [3.8, 4) is 0 Å². The molecule has 3 aliphatic rings. The molecule has 92 valence electrons. The van der Waals surface area contributed by atoms with E-state index in [4.69, 9.17) is 4.98 Å². The Labute approximate surface area is 106 Å². The molecule has 0 radical (unpaired) electrons. The van der Waals surface area contributed by atoms with Crippen molar-refractivity contribution in [3.63, 3.8) is 0 Å². The minimum atomic E-state index is 0.533. The van der Waals surface area contributed by atoms with Gasteiger partial charge in [-0.2, -0.15) is 4.37 Å². The number of nitrogens with one attached hydrogen (secondary N) is 1. The van der Waals surface area contributed by atoms with Crippen LogP contribution in [0.3, 0.4) is 0 Å². The van der Waals surface area contributed by atoms with Gasteiger partial charge in [-0.1, -0.05) is 0 Å². The maximum Gasteiger partial charge on any atom is 0.205 e. The molecule has 4 rings (SSSR count). The lowest BCUT2D eigenvalue weighted by Gasteiger charge is -2.21. The summed E-state index contributed by atoms with van der Waals surface area (Å²) < 4.78 is 4.51. The van der Waals surface area contributed by atoms with Gasteiger partial charge in [0.05, 0.1) is 0 Å². The number of aromatic nitrogens is 2. The van der Waals surface area contributed by atoms with E-state index in [1.807, 2.05) is 0 Å². The fourth-order valence-corrected chi connectivity index (χ4v) is 3.88. The third kappa shape index (κ3) is 1.76. The van der Waals surface area contributed by atoms with Crippen LogP contribution in [0, 0.1) is 5.41 Å². The molecular weight excluding hydrogens is 232 g/mol. The fourth-order valence-electron chi connectivity index (χ4n) is 3.10. The number of hydrogen-bond donors (Lipinski definition) is 1. The van der Waals surface area contributed by atoms with Gasteiger partial charge in [0.2, 0.25) is 5.13 Å². The van der Waals surface area contributed by atoms with Crippen LogP contribution in [0.4, 0.5) is 5.13 Å². The lowest BCUT2D eigenvalue weighted by molar-refractivity contribution is 0.369. The Balaban J connectivity index is 1.51. The van der Waals surface area contributed by atoms with Gasteiger partial charge in [0.25, 0.3) is 0 Å². The molecule has 5 heteroatoms. The summed E-state index contributed by atoms with van der Waals surface area (Å²) in [5, 5.41) is 4.66. The maximum absolute atomic E-state index is 4.72. The number of hydrogen-bond acceptors (Lipinski definition) is 5. The van der Waals surface area contributed by atoms with Crippen molar-refractivity contribution in [2.24, 2.45) is 5.41 Å². The van der Waals surface area contributed by atoms with E-state index >= 15 is 0 Å². The highest BCUT2D eigenvalue weighted by Gasteiger charge is 2.41. The van der Waals surface area contributed by atoms with E-state index in [9.17, 15) is 0 Å². The summed E-state index contributed by atoms with van der Waals surface area (Å²) in [5.41, 5.74) is 0.533. The summed E-state index contributed by atoms with van der Waals surface area (Å²) in [6.45, 7) is 4.73. The number of anilines is 1. The lowest BCUT2D eigenvalue weighted by Crippen LogP contribution is -2.29. The van der Waals surface area contributed by atoms with Crippen LogP contribution in [0.1, 0.15) is 37.4 Å². The van der Waals surface area contributed by atoms with Crippen LogP contribution in [-0.4, -0.2) is 35.5 Å². The zero-order valence-corrected chi connectivity index (χ0v) is 10.8. The van der Waals surface area contributed by atoms with Crippen LogP contribution in [-0.2, 0) is 0 Å². The minimum Gasteiger partial charge on any atom is -0.346 e. The molecule has 1 spiro atoms. The molecular formula is C12H18N4S. The fraction of sp³-hybridized carbons (Fsp3) is 0.833. The highest BCUT2D eigenvalue weighted by Crippen LogP contribution is 2.42. The molecule has 1 unspecified atom stereocenters. The average Bonchev–Trinajstić information content (AvgIpc) is 2.84. The zero-order chi connectivity index (χ0) is 11.3. The Morgan fingerprint density at radius 3 is 3.06 bits per heavy atom. The van der Waals surface area contributed by atoms with Gasteiger partial charge in [-0.05, 0) is 32.2 Å². The predicted molar refractivity (Wildman–Crippen MR) is 68.6 cm³/mol. The monoisotopic (exact) mass is 250 g/mol. The Morgan fingerprint density at radius 2 is 2.29 bits per heavy atom. The first kappa shape index (κ1) is 10.3. The van der Waals surface area contributed by atoms with E-state index in [-0.39, 0.29) is 0 Å². The maximum atomic E-state index is 4.72. The first-order valence-corrected chi connectivity index (χ1v) is 7.41. The van der Waals surface area contributed by atoms with Crippen LogP contribution in [0.25, 0.3) is 0 Å². The summed E-state index contributed by atoms with van der Waals surface area (Å²) in [7, 11) is 0. The van der Waals surface area contributed by atoms with Crippen LogP contribution in [0.2, 0.25) is 0 Å². The Bertz CT molecular complexity index is 420. The molecule has 1 aromatic rings. The Kier molecular flexibility index (Phi) is 2.21. The topological polar surface area (TPSA) is 41.1 Å². The zero-order valence-electron chi connectivity index (χ0n) is 9.98. The molecule has 1 aromatic heterocycles. The van der Waals surface area contributed by atoms with Crippen LogP contribution < -0.4 is 10.2 Å². The molecule has 3 heterocycles. The predicted octanol–water partition coefficient (Wildman–Crippen LogP) is 1.61.